The van der Waals surface area contributed by atoms with Crippen molar-refractivity contribution < 1.29 is 35.5 Å². The molecule has 2 N–H and O–H groups in total. The summed E-state index contributed by atoms with van der Waals surface area (Å²) in [6, 6.07) is 0. The van der Waals surface area contributed by atoms with Crippen molar-refractivity contribution in [2.75, 3.05) is 6.26 Å². The zero-order valence-corrected chi connectivity index (χ0v) is 5.19. The van der Waals surface area contributed by atoms with E-state index >= 15 is 0 Å². The van der Waals surface area contributed by atoms with Crippen molar-refractivity contribution in [1.82, 2.24) is 0 Å². The first-order valence-corrected chi connectivity index (χ1v) is 2.72. The molecule has 0 rings (SSSR count). The Kier molecular flexibility index (Phi) is 10.2. The predicted octanol–water partition coefficient (Wildman–Crippen LogP) is -1.67. The van der Waals surface area contributed by atoms with Crippen molar-refractivity contribution in [3.8, 4) is 0 Å². The van der Waals surface area contributed by atoms with Crippen LogP contribution in [0.3, 0.4) is 0 Å². The molecule has 0 aliphatic heterocycles. The van der Waals surface area contributed by atoms with E-state index in [1.54, 1.807) is 0 Å². The summed E-state index contributed by atoms with van der Waals surface area (Å²) in [4.78, 5) is 0. The maximum Gasteiger partial charge on any atom is 1.00 e. The van der Waals surface area contributed by atoms with E-state index < -0.39 is 10.1 Å². The van der Waals surface area contributed by atoms with Gasteiger partial charge in [0, 0.05) is 6.26 Å². The molecule has 0 aliphatic rings. The molecule has 0 saturated carbocycles. The molecule has 0 spiro atoms. The van der Waals surface area contributed by atoms with Crippen LogP contribution in [0.2, 0.25) is 0 Å². The van der Waals surface area contributed by atoms with E-state index in [9.17, 15) is 0 Å². The summed E-state index contributed by atoms with van der Waals surface area (Å²) in [5, 5.41) is 0. The van der Waals surface area contributed by atoms with Crippen LogP contribution in [0.1, 0.15) is 0 Å². The molecule has 6 heteroatoms. The smallest absolute Gasteiger partial charge is 0.748 e. The zero-order valence-electron chi connectivity index (χ0n) is 3.43. The van der Waals surface area contributed by atoms with Crippen molar-refractivity contribution in [1.29, 1.82) is 0 Å². The molecule has 0 unspecified atom stereocenters. The fraction of sp³-hybridized carbons (Fsp3) is 1.00. The molecule has 0 saturated heterocycles. The van der Waals surface area contributed by atoms with Crippen molar-refractivity contribution in [2.45, 2.75) is 0 Å². The maximum atomic E-state index is 9.08. The van der Waals surface area contributed by atoms with Crippen LogP contribution >= 0.6 is 0 Å². The van der Waals surface area contributed by atoms with Crippen LogP contribution in [0.4, 0.5) is 0 Å². The third-order valence-electron chi connectivity index (χ3n) is 0. The van der Waals surface area contributed by atoms with Gasteiger partial charge in [0.2, 0.25) is 0 Å². The van der Waals surface area contributed by atoms with Crippen molar-refractivity contribution in [3.63, 3.8) is 0 Å². The zero-order chi connectivity index (χ0) is 4.50. The van der Waals surface area contributed by atoms with Gasteiger partial charge in [0.25, 0.3) is 0 Å². The Hall–Kier alpha value is 0.389. The minimum absolute atomic E-state index is 0. The molecule has 50 valence electrons. The van der Waals surface area contributed by atoms with E-state index in [0.29, 0.717) is 6.26 Å². The van der Waals surface area contributed by atoms with E-state index in [1.807, 2.05) is 0 Å². The van der Waals surface area contributed by atoms with Gasteiger partial charge < -0.3 is 10.0 Å². The molecular formula is CH5CuO4S. The van der Waals surface area contributed by atoms with Crippen LogP contribution in [0.15, 0.2) is 0 Å². The summed E-state index contributed by atoms with van der Waals surface area (Å²) in [5.74, 6) is 0. The van der Waals surface area contributed by atoms with Crippen LogP contribution in [-0.2, 0) is 27.2 Å². The standard InChI is InChI=1S/CH4O3S.Cu.H2O/c1-5(2,3)4;;/h1H3,(H,2,3,4);;1H2/q;+1;/p-1. The molecule has 0 bridgehead atoms. The Morgan fingerprint density at radius 2 is 1.43 bits per heavy atom. The molecular weight excluding hydrogens is 172 g/mol. The molecule has 0 aromatic rings. The first-order valence-electron chi connectivity index (χ1n) is 0.908. The van der Waals surface area contributed by atoms with Gasteiger partial charge in [-0.3, -0.25) is 0 Å². The van der Waals surface area contributed by atoms with Gasteiger partial charge in [-0.1, -0.05) is 0 Å². The Labute approximate surface area is 52.4 Å². The fourth-order valence-electron chi connectivity index (χ4n) is 0. The Bertz CT molecular complexity index is 94.9. The van der Waals surface area contributed by atoms with E-state index in [-0.39, 0.29) is 22.5 Å². The minimum Gasteiger partial charge on any atom is -0.748 e. The summed E-state index contributed by atoms with van der Waals surface area (Å²) in [7, 11) is -3.92. The molecule has 7 heavy (non-hydrogen) atoms. The third kappa shape index (κ3) is 812. The van der Waals surface area contributed by atoms with Gasteiger partial charge in [-0.2, -0.15) is 0 Å². The molecule has 4 nitrogen and oxygen atoms in total. The molecule has 0 atom stereocenters. The summed E-state index contributed by atoms with van der Waals surface area (Å²) >= 11 is 0. The van der Waals surface area contributed by atoms with Crippen molar-refractivity contribution in [2.24, 2.45) is 0 Å². The van der Waals surface area contributed by atoms with E-state index in [4.69, 9.17) is 13.0 Å². The summed E-state index contributed by atoms with van der Waals surface area (Å²) < 4.78 is 27.2. The second-order valence-corrected chi connectivity index (χ2v) is 2.11. The second-order valence-electron chi connectivity index (χ2n) is 0.704. The Balaban J connectivity index is -0.0000000800. The van der Waals surface area contributed by atoms with Gasteiger partial charge in [0.05, 0.1) is 10.1 Å². The van der Waals surface area contributed by atoms with Gasteiger partial charge in [0.15, 0.2) is 0 Å². The molecule has 0 heterocycles. The molecule has 0 aliphatic carbocycles. The van der Waals surface area contributed by atoms with Gasteiger partial charge in [-0.25, -0.2) is 8.42 Å². The third-order valence-corrected chi connectivity index (χ3v) is 0. The molecule has 0 radical (unpaired) electrons. The molecule has 0 aromatic carbocycles. The number of hydrogen-bond donors (Lipinski definition) is 0. The minimum atomic E-state index is -3.92. The van der Waals surface area contributed by atoms with Crippen LogP contribution in [0, 0.1) is 0 Å². The average molecular weight is 177 g/mol. The van der Waals surface area contributed by atoms with Crippen molar-refractivity contribution >= 4 is 10.1 Å². The largest absolute Gasteiger partial charge is 1.00 e. The topological polar surface area (TPSA) is 88.7 Å². The summed E-state index contributed by atoms with van der Waals surface area (Å²) in [5.41, 5.74) is 0. The predicted molar refractivity (Wildman–Crippen MR) is 19.2 cm³/mol. The van der Waals surface area contributed by atoms with E-state index in [1.165, 1.54) is 0 Å². The van der Waals surface area contributed by atoms with Gasteiger partial charge in [-0.05, 0) is 0 Å². The fourth-order valence-corrected chi connectivity index (χ4v) is 0. The first-order chi connectivity index (χ1) is 2.00. The van der Waals surface area contributed by atoms with E-state index in [0.717, 1.165) is 0 Å². The maximum absolute atomic E-state index is 9.08. The van der Waals surface area contributed by atoms with Crippen LogP contribution in [0.25, 0.3) is 0 Å². The van der Waals surface area contributed by atoms with Crippen LogP contribution < -0.4 is 0 Å². The summed E-state index contributed by atoms with van der Waals surface area (Å²) in [6.45, 7) is 0. The normalized spacial score (nSPS) is 8.29. The number of rotatable bonds is 0. The van der Waals surface area contributed by atoms with Gasteiger partial charge >= 0.3 is 17.1 Å². The van der Waals surface area contributed by atoms with Gasteiger partial charge in [-0.15, -0.1) is 0 Å². The average Bonchev–Trinajstić information content (AvgIpc) is 0.722. The van der Waals surface area contributed by atoms with Crippen LogP contribution in [-0.4, -0.2) is 24.7 Å². The number of hydrogen-bond acceptors (Lipinski definition) is 3. The first kappa shape index (κ1) is 15.7. The molecule has 0 aromatic heterocycles. The van der Waals surface area contributed by atoms with Gasteiger partial charge in [0.1, 0.15) is 0 Å². The molecule has 0 fully saturated rings. The second kappa shape index (κ2) is 4.55. The SMILES string of the molecule is CS(=O)(=O)[O-].O.[Cu+]. The Morgan fingerprint density at radius 1 is 1.43 bits per heavy atom. The Morgan fingerprint density at radius 3 is 1.43 bits per heavy atom. The monoisotopic (exact) mass is 176 g/mol. The van der Waals surface area contributed by atoms with Crippen LogP contribution in [0.5, 0.6) is 0 Å². The summed E-state index contributed by atoms with van der Waals surface area (Å²) in [6.07, 6.45) is 0.604. The van der Waals surface area contributed by atoms with Crippen molar-refractivity contribution in [3.05, 3.63) is 0 Å². The van der Waals surface area contributed by atoms with E-state index in [2.05, 4.69) is 0 Å². The molecule has 0 amide bonds. The quantitative estimate of drug-likeness (QED) is 0.327.